The van der Waals surface area contributed by atoms with Gasteiger partial charge in [-0.25, -0.2) is 5.43 Å². The first-order chi connectivity index (χ1) is 7.59. The lowest BCUT2D eigenvalue weighted by atomic mass is 10.2. The van der Waals surface area contributed by atoms with Crippen LogP contribution in [0.3, 0.4) is 0 Å². The summed E-state index contributed by atoms with van der Waals surface area (Å²) in [6, 6.07) is 7.39. The van der Waals surface area contributed by atoms with Gasteiger partial charge >= 0.3 is 0 Å². The molecule has 0 saturated heterocycles. The molecule has 1 rings (SSSR count). The molecule has 0 spiro atoms. The first kappa shape index (κ1) is 11.8. The molecule has 0 aromatic heterocycles. The van der Waals surface area contributed by atoms with Gasteiger partial charge in [0.05, 0.1) is 0 Å². The number of carbonyl (C=O) groups excluding carboxylic acids is 1. The molecule has 0 aliphatic heterocycles. The van der Waals surface area contributed by atoms with Gasteiger partial charge in [-0.2, -0.15) is 0 Å². The summed E-state index contributed by atoms with van der Waals surface area (Å²) >= 11 is 0. The molecule has 0 aliphatic rings. The fraction of sp³-hybridized carbons (Fsp3) is 0.200. The van der Waals surface area contributed by atoms with E-state index in [1.807, 2.05) is 25.1 Å². The van der Waals surface area contributed by atoms with E-state index in [0.717, 1.165) is 5.56 Å². The number of para-hydroxylation sites is 1. The number of hydrogen-bond donors (Lipinski definition) is 3. The van der Waals surface area contributed by atoms with Crippen LogP contribution in [0.15, 0.2) is 29.4 Å². The Balaban J connectivity index is 2.43. The van der Waals surface area contributed by atoms with E-state index in [2.05, 4.69) is 10.5 Å². The SMILES string of the molecule is Cc1ccccc1OCC(=O)NN=C(N)N. The maximum Gasteiger partial charge on any atom is 0.278 e. The molecule has 0 unspecified atom stereocenters. The smallest absolute Gasteiger partial charge is 0.278 e. The second kappa shape index (κ2) is 5.59. The van der Waals surface area contributed by atoms with Crippen LogP contribution in [0.5, 0.6) is 5.75 Å². The maximum atomic E-state index is 11.2. The molecule has 0 heterocycles. The van der Waals surface area contributed by atoms with Crippen LogP contribution in [0.2, 0.25) is 0 Å². The van der Waals surface area contributed by atoms with Gasteiger partial charge < -0.3 is 16.2 Å². The van der Waals surface area contributed by atoms with Gasteiger partial charge in [-0.05, 0) is 18.6 Å². The Kier molecular flexibility index (Phi) is 4.14. The summed E-state index contributed by atoms with van der Waals surface area (Å²) in [6.45, 7) is 1.75. The minimum atomic E-state index is -0.420. The molecule has 0 bridgehead atoms. The average molecular weight is 222 g/mol. The Morgan fingerprint density at radius 2 is 2.12 bits per heavy atom. The number of ether oxygens (including phenoxy) is 1. The average Bonchev–Trinajstić information content (AvgIpc) is 2.25. The van der Waals surface area contributed by atoms with Gasteiger partial charge in [0, 0.05) is 0 Å². The molecule has 0 aliphatic carbocycles. The van der Waals surface area contributed by atoms with Gasteiger partial charge in [-0.1, -0.05) is 18.2 Å². The number of hydrazone groups is 1. The first-order valence-corrected chi connectivity index (χ1v) is 4.65. The molecule has 0 radical (unpaired) electrons. The van der Waals surface area contributed by atoms with Crippen molar-refractivity contribution in [2.45, 2.75) is 6.92 Å². The van der Waals surface area contributed by atoms with Crippen LogP contribution in [-0.2, 0) is 4.79 Å². The fourth-order valence-electron chi connectivity index (χ4n) is 1.02. The Morgan fingerprint density at radius 1 is 1.44 bits per heavy atom. The van der Waals surface area contributed by atoms with Crippen LogP contribution in [0.4, 0.5) is 0 Å². The highest BCUT2D eigenvalue weighted by atomic mass is 16.5. The second-order valence-corrected chi connectivity index (χ2v) is 3.13. The lowest BCUT2D eigenvalue weighted by Crippen LogP contribution is -2.31. The van der Waals surface area contributed by atoms with Crippen molar-refractivity contribution in [3.8, 4) is 5.75 Å². The molecule has 5 N–H and O–H groups in total. The Labute approximate surface area is 93.3 Å². The Hall–Kier alpha value is -2.24. The minimum Gasteiger partial charge on any atom is -0.483 e. The van der Waals surface area contributed by atoms with E-state index in [1.54, 1.807) is 6.07 Å². The third-order valence-electron chi connectivity index (χ3n) is 1.76. The van der Waals surface area contributed by atoms with Crippen molar-refractivity contribution >= 4 is 11.9 Å². The standard InChI is InChI=1S/C10H14N4O2/c1-7-4-2-3-5-8(7)16-6-9(15)13-14-10(11)12/h2-5H,6H2,1H3,(H,13,15)(H4,11,12,14). The van der Waals surface area contributed by atoms with Crippen molar-refractivity contribution in [2.75, 3.05) is 6.61 Å². The fourth-order valence-corrected chi connectivity index (χ4v) is 1.02. The van der Waals surface area contributed by atoms with E-state index in [9.17, 15) is 4.79 Å². The lowest BCUT2D eigenvalue weighted by molar-refractivity contribution is -0.123. The van der Waals surface area contributed by atoms with Gasteiger partial charge in [-0.3, -0.25) is 4.79 Å². The van der Waals surface area contributed by atoms with Crippen LogP contribution in [0.1, 0.15) is 5.56 Å². The Bertz CT molecular complexity index is 400. The molecule has 0 fully saturated rings. The topological polar surface area (TPSA) is 103 Å². The molecule has 6 nitrogen and oxygen atoms in total. The summed E-state index contributed by atoms with van der Waals surface area (Å²) in [5.74, 6) is 0.0308. The van der Waals surface area contributed by atoms with E-state index in [-0.39, 0.29) is 12.6 Å². The van der Waals surface area contributed by atoms with Crippen molar-refractivity contribution in [1.29, 1.82) is 0 Å². The predicted octanol–water partition coefficient (Wildman–Crippen LogP) is -0.322. The van der Waals surface area contributed by atoms with Crippen LogP contribution >= 0.6 is 0 Å². The van der Waals surface area contributed by atoms with Crippen molar-refractivity contribution in [1.82, 2.24) is 5.43 Å². The number of nitrogens with two attached hydrogens (primary N) is 2. The number of nitrogens with zero attached hydrogens (tertiary/aromatic N) is 1. The van der Waals surface area contributed by atoms with Crippen molar-refractivity contribution in [3.63, 3.8) is 0 Å². The van der Waals surface area contributed by atoms with E-state index < -0.39 is 5.91 Å². The number of rotatable bonds is 4. The highest BCUT2D eigenvalue weighted by Gasteiger charge is 2.03. The molecule has 0 atom stereocenters. The number of benzene rings is 1. The van der Waals surface area contributed by atoms with E-state index >= 15 is 0 Å². The van der Waals surface area contributed by atoms with Gasteiger partial charge in [0.15, 0.2) is 6.61 Å². The maximum absolute atomic E-state index is 11.2. The summed E-state index contributed by atoms with van der Waals surface area (Å²) < 4.78 is 5.27. The van der Waals surface area contributed by atoms with E-state index in [4.69, 9.17) is 16.2 Å². The van der Waals surface area contributed by atoms with Crippen LogP contribution in [0, 0.1) is 6.92 Å². The molecule has 1 aromatic rings. The highest BCUT2D eigenvalue weighted by Crippen LogP contribution is 2.15. The molecule has 1 amide bonds. The molecule has 0 saturated carbocycles. The molecular formula is C10H14N4O2. The van der Waals surface area contributed by atoms with Gasteiger partial charge in [0.1, 0.15) is 5.75 Å². The minimum absolute atomic E-state index is 0.137. The zero-order valence-corrected chi connectivity index (χ0v) is 8.93. The molecule has 1 aromatic carbocycles. The zero-order valence-electron chi connectivity index (χ0n) is 8.93. The normalized spacial score (nSPS) is 9.31. The number of nitrogens with one attached hydrogen (secondary N) is 1. The molecule has 16 heavy (non-hydrogen) atoms. The van der Waals surface area contributed by atoms with Gasteiger partial charge in [0.2, 0.25) is 5.96 Å². The molecular weight excluding hydrogens is 208 g/mol. The summed E-state index contributed by atoms with van der Waals surface area (Å²) in [4.78, 5) is 11.2. The Morgan fingerprint density at radius 3 is 2.75 bits per heavy atom. The largest absolute Gasteiger partial charge is 0.483 e. The van der Waals surface area contributed by atoms with Crippen molar-refractivity contribution in [2.24, 2.45) is 16.6 Å². The summed E-state index contributed by atoms with van der Waals surface area (Å²) in [7, 11) is 0. The molecule has 86 valence electrons. The second-order valence-electron chi connectivity index (χ2n) is 3.13. The predicted molar refractivity (Wildman–Crippen MR) is 60.6 cm³/mol. The number of hydrogen-bond acceptors (Lipinski definition) is 3. The van der Waals surface area contributed by atoms with Gasteiger partial charge in [0.25, 0.3) is 5.91 Å². The van der Waals surface area contributed by atoms with Gasteiger partial charge in [-0.15, -0.1) is 5.10 Å². The number of carbonyl (C=O) groups is 1. The number of guanidine groups is 1. The monoisotopic (exact) mass is 222 g/mol. The summed E-state index contributed by atoms with van der Waals surface area (Å²) in [5.41, 5.74) is 13.2. The quantitative estimate of drug-likeness (QED) is 0.369. The lowest BCUT2D eigenvalue weighted by Gasteiger charge is -2.07. The first-order valence-electron chi connectivity index (χ1n) is 4.65. The zero-order chi connectivity index (χ0) is 12.0. The van der Waals surface area contributed by atoms with E-state index in [0.29, 0.717) is 5.75 Å². The van der Waals surface area contributed by atoms with Crippen LogP contribution < -0.4 is 21.6 Å². The third kappa shape index (κ3) is 3.87. The number of amides is 1. The number of aryl methyl sites for hydroxylation is 1. The van der Waals surface area contributed by atoms with Crippen LogP contribution in [0.25, 0.3) is 0 Å². The van der Waals surface area contributed by atoms with Crippen LogP contribution in [-0.4, -0.2) is 18.5 Å². The van der Waals surface area contributed by atoms with Crippen molar-refractivity contribution < 1.29 is 9.53 Å². The molecule has 6 heteroatoms. The van der Waals surface area contributed by atoms with E-state index in [1.165, 1.54) is 0 Å². The third-order valence-corrected chi connectivity index (χ3v) is 1.76. The highest BCUT2D eigenvalue weighted by molar-refractivity contribution is 5.81. The summed E-state index contributed by atoms with van der Waals surface area (Å²) in [6.07, 6.45) is 0. The van der Waals surface area contributed by atoms with Crippen molar-refractivity contribution in [3.05, 3.63) is 29.8 Å². The summed E-state index contributed by atoms with van der Waals surface area (Å²) in [5, 5.41) is 3.35.